The van der Waals surface area contributed by atoms with Gasteiger partial charge in [0.1, 0.15) is 5.82 Å². The molecular formula is C17H16FNO3S. The molecule has 1 aliphatic carbocycles. The molecule has 0 saturated heterocycles. The number of ether oxygens (including phenoxy) is 1. The van der Waals surface area contributed by atoms with Crippen LogP contribution in [0.2, 0.25) is 0 Å². The maximum absolute atomic E-state index is 13.4. The van der Waals surface area contributed by atoms with Gasteiger partial charge in [0.25, 0.3) is 5.91 Å². The van der Waals surface area contributed by atoms with Gasteiger partial charge in [0, 0.05) is 10.3 Å². The third-order valence-electron chi connectivity index (χ3n) is 3.76. The fraction of sp³-hybridized carbons (Fsp3) is 0.294. The summed E-state index contributed by atoms with van der Waals surface area (Å²) in [5.74, 6) is -1.58. The largest absolute Gasteiger partial charge is 0.452 e. The van der Waals surface area contributed by atoms with Gasteiger partial charge in [-0.15, -0.1) is 11.3 Å². The SMILES string of the molecule is O=C(COC(=O)c1csc2c1CCCC2)Nc1ccccc1F. The van der Waals surface area contributed by atoms with E-state index in [4.69, 9.17) is 4.74 Å². The molecule has 0 aliphatic heterocycles. The van der Waals surface area contributed by atoms with Crippen LogP contribution in [-0.2, 0) is 22.4 Å². The number of carbonyl (C=O) groups excluding carboxylic acids is 2. The van der Waals surface area contributed by atoms with Crippen LogP contribution in [0.25, 0.3) is 0 Å². The summed E-state index contributed by atoms with van der Waals surface area (Å²) in [5, 5.41) is 4.18. The highest BCUT2D eigenvalue weighted by atomic mass is 32.1. The van der Waals surface area contributed by atoms with Gasteiger partial charge < -0.3 is 10.1 Å². The van der Waals surface area contributed by atoms with E-state index >= 15 is 0 Å². The average Bonchev–Trinajstić information content (AvgIpc) is 2.99. The van der Waals surface area contributed by atoms with Crippen molar-refractivity contribution in [2.45, 2.75) is 25.7 Å². The lowest BCUT2D eigenvalue weighted by molar-refractivity contribution is -0.119. The summed E-state index contributed by atoms with van der Waals surface area (Å²) in [7, 11) is 0. The van der Waals surface area contributed by atoms with E-state index in [0.717, 1.165) is 31.2 Å². The van der Waals surface area contributed by atoms with Crippen LogP contribution in [0, 0.1) is 5.82 Å². The quantitative estimate of drug-likeness (QED) is 0.871. The van der Waals surface area contributed by atoms with Crippen LogP contribution in [-0.4, -0.2) is 18.5 Å². The number of anilines is 1. The molecule has 23 heavy (non-hydrogen) atoms. The van der Waals surface area contributed by atoms with Crippen LogP contribution in [0.4, 0.5) is 10.1 Å². The molecule has 0 spiro atoms. The second-order valence-corrected chi connectivity index (χ2v) is 6.33. The van der Waals surface area contributed by atoms with Gasteiger partial charge in [-0.3, -0.25) is 4.79 Å². The molecule has 0 fully saturated rings. The Morgan fingerprint density at radius 2 is 2.00 bits per heavy atom. The average molecular weight is 333 g/mol. The number of hydrogen-bond donors (Lipinski definition) is 1. The topological polar surface area (TPSA) is 55.4 Å². The standard InChI is InChI=1S/C17H16FNO3S/c18-13-6-2-3-7-14(13)19-16(20)9-22-17(21)12-10-23-15-8-4-1-5-11(12)15/h2-3,6-7,10H,1,4-5,8-9H2,(H,19,20). The monoisotopic (exact) mass is 333 g/mol. The summed E-state index contributed by atoms with van der Waals surface area (Å²) >= 11 is 1.57. The van der Waals surface area contributed by atoms with Crippen molar-refractivity contribution in [1.29, 1.82) is 0 Å². The fourth-order valence-electron chi connectivity index (χ4n) is 2.62. The van der Waals surface area contributed by atoms with Crippen molar-refractivity contribution in [3.05, 3.63) is 51.5 Å². The first kappa shape index (κ1) is 15.7. The minimum absolute atomic E-state index is 0.0708. The van der Waals surface area contributed by atoms with E-state index in [1.807, 2.05) is 0 Å². The van der Waals surface area contributed by atoms with Crippen LogP contribution in [0.5, 0.6) is 0 Å². The maximum atomic E-state index is 13.4. The summed E-state index contributed by atoms with van der Waals surface area (Å²) in [4.78, 5) is 25.1. The van der Waals surface area contributed by atoms with E-state index in [2.05, 4.69) is 5.32 Å². The number of thiophene rings is 1. The zero-order valence-corrected chi connectivity index (χ0v) is 13.2. The van der Waals surface area contributed by atoms with Gasteiger partial charge in [0.05, 0.1) is 11.3 Å². The minimum Gasteiger partial charge on any atom is -0.452 e. The van der Waals surface area contributed by atoms with E-state index in [1.54, 1.807) is 22.8 Å². The molecular weight excluding hydrogens is 317 g/mol. The molecule has 1 aromatic heterocycles. The smallest absolute Gasteiger partial charge is 0.339 e. The first-order chi connectivity index (χ1) is 11.1. The van der Waals surface area contributed by atoms with E-state index < -0.39 is 24.3 Å². The Morgan fingerprint density at radius 1 is 1.22 bits per heavy atom. The summed E-state index contributed by atoms with van der Waals surface area (Å²) < 4.78 is 18.5. The Labute approximate surface area is 137 Å². The fourth-order valence-corrected chi connectivity index (χ4v) is 3.74. The van der Waals surface area contributed by atoms with Crippen molar-refractivity contribution in [1.82, 2.24) is 0 Å². The highest BCUT2D eigenvalue weighted by Gasteiger charge is 2.21. The molecule has 0 radical (unpaired) electrons. The zero-order chi connectivity index (χ0) is 16.2. The first-order valence-corrected chi connectivity index (χ1v) is 8.34. The first-order valence-electron chi connectivity index (χ1n) is 7.46. The minimum atomic E-state index is -0.562. The molecule has 2 aromatic rings. The molecule has 4 nitrogen and oxygen atoms in total. The summed E-state index contributed by atoms with van der Waals surface area (Å²) in [6, 6.07) is 5.84. The van der Waals surface area contributed by atoms with Crippen LogP contribution < -0.4 is 5.32 Å². The summed E-state index contributed by atoms with van der Waals surface area (Å²) in [6.45, 7) is -0.433. The Balaban J connectivity index is 1.58. The third kappa shape index (κ3) is 3.59. The highest BCUT2D eigenvalue weighted by Crippen LogP contribution is 2.30. The molecule has 0 unspecified atom stereocenters. The number of rotatable bonds is 4. The van der Waals surface area contributed by atoms with Crippen molar-refractivity contribution in [2.24, 2.45) is 0 Å². The van der Waals surface area contributed by atoms with E-state index in [0.29, 0.717) is 5.56 Å². The van der Waals surface area contributed by atoms with E-state index in [9.17, 15) is 14.0 Å². The van der Waals surface area contributed by atoms with Crippen LogP contribution in [0.15, 0.2) is 29.6 Å². The Kier molecular flexibility index (Phi) is 4.71. The Bertz CT molecular complexity index is 741. The maximum Gasteiger partial charge on any atom is 0.339 e. The van der Waals surface area contributed by atoms with Crippen molar-refractivity contribution < 1.29 is 18.7 Å². The second-order valence-electron chi connectivity index (χ2n) is 5.36. The van der Waals surface area contributed by atoms with Gasteiger partial charge in [-0.25, -0.2) is 9.18 Å². The van der Waals surface area contributed by atoms with Gasteiger partial charge in [-0.2, -0.15) is 0 Å². The Hall–Kier alpha value is -2.21. The number of para-hydroxylation sites is 1. The van der Waals surface area contributed by atoms with Gasteiger partial charge in [-0.05, 0) is 43.4 Å². The normalized spacial score (nSPS) is 13.3. The zero-order valence-electron chi connectivity index (χ0n) is 12.4. The van der Waals surface area contributed by atoms with Crippen LogP contribution in [0.1, 0.15) is 33.6 Å². The number of benzene rings is 1. The molecule has 1 amide bonds. The molecule has 1 N–H and O–H groups in total. The number of carbonyl (C=O) groups is 2. The van der Waals surface area contributed by atoms with Crippen LogP contribution >= 0.6 is 11.3 Å². The number of hydrogen-bond acceptors (Lipinski definition) is 4. The number of aryl methyl sites for hydroxylation is 1. The van der Waals surface area contributed by atoms with Crippen LogP contribution in [0.3, 0.4) is 0 Å². The lowest BCUT2D eigenvalue weighted by Gasteiger charge is -2.12. The molecule has 6 heteroatoms. The highest BCUT2D eigenvalue weighted by molar-refractivity contribution is 7.10. The third-order valence-corrected chi connectivity index (χ3v) is 4.85. The predicted octanol–water partition coefficient (Wildman–Crippen LogP) is 3.56. The van der Waals surface area contributed by atoms with Gasteiger partial charge in [0.15, 0.2) is 6.61 Å². The number of nitrogens with one attached hydrogen (secondary N) is 1. The van der Waals surface area contributed by atoms with E-state index in [1.165, 1.54) is 23.1 Å². The van der Waals surface area contributed by atoms with Gasteiger partial charge >= 0.3 is 5.97 Å². The van der Waals surface area contributed by atoms with E-state index in [-0.39, 0.29) is 5.69 Å². The molecule has 1 aromatic carbocycles. The van der Waals surface area contributed by atoms with Gasteiger partial charge in [0.2, 0.25) is 0 Å². The predicted molar refractivity (Wildman–Crippen MR) is 86.3 cm³/mol. The van der Waals surface area contributed by atoms with Crippen molar-refractivity contribution in [3.8, 4) is 0 Å². The van der Waals surface area contributed by atoms with Crippen molar-refractivity contribution >= 4 is 28.9 Å². The molecule has 0 bridgehead atoms. The number of amides is 1. The molecule has 120 valence electrons. The summed E-state index contributed by atoms with van der Waals surface area (Å²) in [6.07, 6.45) is 4.09. The van der Waals surface area contributed by atoms with Gasteiger partial charge in [-0.1, -0.05) is 12.1 Å². The summed E-state index contributed by atoms with van der Waals surface area (Å²) in [5.41, 5.74) is 1.69. The molecule has 3 rings (SSSR count). The molecule has 0 atom stereocenters. The number of esters is 1. The molecule has 1 heterocycles. The lowest BCUT2D eigenvalue weighted by Crippen LogP contribution is -2.21. The molecule has 0 saturated carbocycles. The lowest BCUT2D eigenvalue weighted by atomic mass is 9.96. The van der Waals surface area contributed by atoms with Crippen molar-refractivity contribution in [2.75, 3.05) is 11.9 Å². The number of halogens is 1. The molecule has 1 aliphatic rings. The Morgan fingerprint density at radius 3 is 2.83 bits per heavy atom. The second kappa shape index (κ2) is 6.91. The van der Waals surface area contributed by atoms with Crippen molar-refractivity contribution in [3.63, 3.8) is 0 Å². The number of fused-ring (bicyclic) bond motifs is 1.